The van der Waals surface area contributed by atoms with Crippen molar-refractivity contribution in [1.29, 1.82) is 0 Å². The molecule has 0 saturated carbocycles. The van der Waals surface area contributed by atoms with Crippen molar-refractivity contribution in [2.24, 2.45) is 0 Å². The summed E-state index contributed by atoms with van der Waals surface area (Å²) in [7, 11) is -3.68. The minimum absolute atomic E-state index is 0.0239. The Hall–Kier alpha value is -2.42. The Balaban J connectivity index is 1.65. The molecule has 3 rings (SSSR count). The molecule has 1 heterocycles. The first kappa shape index (κ1) is 26.2. The van der Waals surface area contributed by atoms with E-state index < -0.39 is 21.2 Å². The molecule has 0 radical (unpaired) electrons. The maximum atomic E-state index is 13.0. The number of amides is 1. The van der Waals surface area contributed by atoms with Gasteiger partial charge in [0.2, 0.25) is 10.0 Å². The summed E-state index contributed by atoms with van der Waals surface area (Å²) in [6.07, 6.45) is -0.342. The van der Waals surface area contributed by atoms with E-state index in [-0.39, 0.29) is 17.1 Å². The number of nitrogens with one attached hydrogen (secondary N) is 1. The predicted molar refractivity (Wildman–Crippen MR) is 133 cm³/mol. The predicted octanol–water partition coefficient (Wildman–Crippen LogP) is 4.87. The van der Waals surface area contributed by atoms with E-state index in [1.54, 1.807) is 11.0 Å². The van der Waals surface area contributed by atoms with Crippen LogP contribution in [0.2, 0.25) is 0 Å². The second kappa shape index (κ2) is 9.68. The zero-order valence-electron chi connectivity index (χ0n) is 21.1. The van der Waals surface area contributed by atoms with Crippen LogP contribution in [0.5, 0.6) is 0 Å². The van der Waals surface area contributed by atoms with E-state index in [0.717, 1.165) is 16.7 Å². The van der Waals surface area contributed by atoms with Gasteiger partial charge in [0.25, 0.3) is 0 Å². The van der Waals surface area contributed by atoms with Crippen molar-refractivity contribution in [3.05, 3.63) is 53.6 Å². The Morgan fingerprint density at radius 1 is 1.03 bits per heavy atom. The van der Waals surface area contributed by atoms with Crippen molar-refractivity contribution in [2.45, 2.75) is 77.2 Å². The first-order valence-corrected chi connectivity index (χ1v) is 12.9. The van der Waals surface area contributed by atoms with Crippen LogP contribution in [0.15, 0.2) is 47.4 Å². The molecular weight excluding hydrogens is 452 g/mol. The number of likely N-dealkylation sites (tertiary alicyclic amines) is 1. The molecule has 8 heteroatoms. The Labute approximate surface area is 203 Å². The van der Waals surface area contributed by atoms with Gasteiger partial charge in [-0.05, 0) is 65.7 Å². The lowest BCUT2D eigenvalue weighted by Crippen LogP contribution is -2.55. The zero-order valence-corrected chi connectivity index (χ0v) is 22.0. The second-order valence-corrected chi connectivity index (χ2v) is 12.5. The summed E-state index contributed by atoms with van der Waals surface area (Å²) in [5, 5.41) is 0. The molecule has 2 aromatic carbocycles. The monoisotopic (exact) mass is 488 g/mol. The van der Waals surface area contributed by atoms with Gasteiger partial charge in [-0.15, -0.1) is 0 Å². The number of nitrogens with zero attached hydrogens (tertiary/aromatic N) is 1. The van der Waals surface area contributed by atoms with Crippen LogP contribution in [0, 0.1) is 6.92 Å². The van der Waals surface area contributed by atoms with Crippen molar-refractivity contribution in [3.63, 3.8) is 0 Å². The fraction of sp³-hybridized carbons (Fsp3) is 0.500. The normalized spacial score (nSPS) is 15.2. The number of carbonyl (C=O) groups excluding carboxylic acids is 1. The minimum Gasteiger partial charge on any atom is -0.444 e. The van der Waals surface area contributed by atoms with Crippen LogP contribution >= 0.6 is 0 Å². The molecule has 0 bridgehead atoms. The van der Waals surface area contributed by atoms with Gasteiger partial charge >= 0.3 is 6.09 Å². The van der Waals surface area contributed by atoms with E-state index in [1.165, 1.54) is 0 Å². The molecule has 0 atom stereocenters. The molecule has 0 aliphatic carbocycles. The lowest BCUT2D eigenvalue weighted by Gasteiger charge is -2.39. The molecule has 1 N–H and O–H groups in total. The Morgan fingerprint density at radius 2 is 1.65 bits per heavy atom. The van der Waals surface area contributed by atoms with Crippen LogP contribution in [0.4, 0.5) is 4.79 Å². The van der Waals surface area contributed by atoms with Crippen LogP contribution in [0.25, 0.3) is 11.1 Å². The van der Waals surface area contributed by atoms with Crippen molar-refractivity contribution < 1.29 is 22.7 Å². The molecule has 1 aliphatic heterocycles. The lowest BCUT2D eigenvalue weighted by molar-refractivity contribution is -0.0691. The molecule has 1 amide bonds. The highest BCUT2D eigenvalue weighted by molar-refractivity contribution is 7.89. The number of hydrogen-bond acceptors (Lipinski definition) is 5. The summed E-state index contributed by atoms with van der Waals surface area (Å²) in [5.41, 5.74) is 2.35. The Kier molecular flexibility index (Phi) is 7.45. The van der Waals surface area contributed by atoms with Gasteiger partial charge in [0.15, 0.2) is 0 Å². The molecule has 1 saturated heterocycles. The van der Waals surface area contributed by atoms with Gasteiger partial charge in [0.1, 0.15) is 5.60 Å². The topological polar surface area (TPSA) is 84.9 Å². The van der Waals surface area contributed by atoms with Gasteiger partial charge in [-0.3, -0.25) is 0 Å². The van der Waals surface area contributed by atoms with Crippen molar-refractivity contribution >= 4 is 16.1 Å². The third kappa shape index (κ3) is 7.04. The van der Waals surface area contributed by atoms with Gasteiger partial charge in [-0.2, -0.15) is 0 Å². The summed E-state index contributed by atoms with van der Waals surface area (Å²) >= 11 is 0. The van der Waals surface area contributed by atoms with Crippen molar-refractivity contribution in [3.8, 4) is 11.1 Å². The number of carbonyl (C=O) groups is 1. The first-order valence-electron chi connectivity index (χ1n) is 11.5. The molecule has 0 aromatic heterocycles. The minimum atomic E-state index is -3.68. The number of ether oxygens (including phenoxy) is 2. The SMILES string of the molecule is Cc1ccc(S(=O)(=O)NC(C)(C)C)c(-c2ccc(COC3CN(C(=O)OC(C)(C)C)C3)cc2)c1. The van der Waals surface area contributed by atoms with Crippen LogP contribution in [-0.2, 0) is 26.1 Å². The number of benzene rings is 2. The van der Waals surface area contributed by atoms with Gasteiger partial charge in [0.05, 0.1) is 30.7 Å². The molecule has 0 spiro atoms. The largest absolute Gasteiger partial charge is 0.444 e. The van der Waals surface area contributed by atoms with E-state index in [2.05, 4.69) is 4.72 Å². The molecule has 1 aliphatic rings. The Bertz CT molecular complexity index is 1120. The van der Waals surface area contributed by atoms with Crippen molar-refractivity contribution in [1.82, 2.24) is 9.62 Å². The average Bonchev–Trinajstić information content (AvgIpc) is 2.63. The van der Waals surface area contributed by atoms with Crippen LogP contribution in [-0.4, -0.2) is 49.7 Å². The highest BCUT2D eigenvalue weighted by Crippen LogP contribution is 2.30. The van der Waals surface area contributed by atoms with Gasteiger partial charge in [0, 0.05) is 11.1 Å². The molecule has 1 fully saturated rings. The van der Waals surface area contributed by atoms with Crippen LogP contribution < -0.4 is 4.72 Å². The molecule has 0 unspecified atom stereocenters. The fourth-order valence-corrected chi connectivity index (χ4v) is 5.21. The number of rotatable bonds is 6. The third-order valence-electron chi connectivity index (χ3n) is 5.12. The van der Waals surface area contributed by atoms with Gasteiger partial charge in [-0.1, -0.05) is 42.0 Å². The van der Waals surface area contributed by atoms with Gasteiger partial charge in [-0.25, -0.2) is 17.9 Å². The van der Waals surface area contributed by atoms with Crippen LogP contribution in [0.1, 0.15) is 52.7 Å². The number of aryl methyl sites for hydroxylation is 1. The average molecular weight is 489 g/mol. The summed E-state index contributed by atoms with van der Waals surface area (Å²) in [4.78, 5) is 13.9. The number of sulfonamides is 1. The highest BCUT2D eigenvalue weighted by atomic mass is 32.2. The summed E-state index contributed by atoms with van der Waals surface area (Å²) in [6.45, 7) is 14.4. The number of hydrogen-bond donors (Lipinski definition) is 1. The standard InChI is InChI=1S/C26H36N2O5S/c1-18-8-13-23(34(30,31)27-25(2,3)4)22(14-18)20-11-9-19(10-12-20)17-32-21-15-28(16-21)24(29)33-26(5,6)7/h8-14,21,27H,15-17H2,1-7H3. The maximum absolute atomic E-state index is 13.0. The summed E-state index contributed by atoms with van der Waals surface area (Å²) < 4.78 is 40.1. The highest BCUT2D eigenvalue weighted by Gasteiger charge is 2.34. The molecule has 34 heavy (non-hydrogen) atoms. The molecule has 186 valence electrons. The van der Waals surface area contributed by atoms with E-state index in [9.17, 15) is 13.2 Å². The van der Waals surface area contributed by atoms with E-state index in [1.807, 2.05) is 84.9 Å². The van der Waals surface area contributed by atoms with Crippen molar-refractivity contribution in [2.75, 3.05) is 13.1 Å². The first-order chi connectivity index (χ1) is 15.6. The smallest absolute Gasteiger partial charge is 0.410 e. The summed E-state index contributed by atoms with van der Waals surface area (Å²) in [6, 6.07) is 13.1. The van der Waals surface area contributed by atoms with Crippen LogP contribution in [0.3, 0.4) is 0 Å². The zero-order chi connectivity index (χ0) is 25.3. The molecular formula is C26H36N2O5S. The van der Waals surface area contributed by atoms with E-state index >= 15 is 0 Å². The van der Waals surface area contributed by atoms with E-state index in [0.29, 0.717) is 25.3 Å². The quantitative estimate of drug-likeness (QED) is 0.627. The fourth-order valence-electron chi connectivity index (χ4n) is 3.58. The van der Waals surface area contributed by atoms with E-state index in [4.69, 9.17) is 9.47 Å². The lowest BCUT2D eigenvalue weighted by atomic mass is 10.0. The molecule has 7 nitrogen and oxygen atoms in total. The third-order valence-corrected chi connectivity index (χ3v) is 6.93. The Morgan fingerprint density at radius 3 is 2.21 bits per heavy atom. The second-order valence-electron chi connectivity index (χ2n) is 10.9. The summed E-state index contributed by atoms with van der Waals surface area (Å²) in [5.74, 6) is 0. The maximum Gasteiger partial charge on any atom is 0.410 e. The van der Waals surface area contributed by atoms with Gasteiger partial charge < -0.3 is 14.4 Å². The molecule has 2 aromatic rings.